The second kappa shape index (κ2) is 8.28. The number of sulfonamides is 1. The van der Waals surface area contributed by atoms with Gasteiger partial charge in [-0.05, 0) is 50.1 Å². The third-order valence-corrected chi connectivity index (χ3v) is 7.87. The minimum absolute atomic E-state index is 0.349. The van der Waals surface area contributed by atoms with Crippen molar-refractivity contribution in [1.82, 2.24) is 4.31 Å². The molecule has 0 aromatic heterocycles. The summed E-state index contributed by atoms with van der Waals surface area (Å²) in [5, 5.41) is 1.54. The largest absolute Gasteiger partial charge is 0.493 e. The zero-order chi connectivity index (χ0) is 21.3. The maximum Gasteiger partial charge on any atom is 0.243 e. The predicted molar refractivity (Wildman–Crippen MR) is 122 cm³/mol. The monoisotopic (exact) mass is 424 g/mol. The number of benzene rings is 3. The van der Waals surface area contributed by atoms with Crippen molar-refractivity contribution in [3.05, 3.63) is 65.7 Å². The number of nitrogens with zero attached hydrogens (tertiary/aromatic N) is 2. The van der Waals surface area contributed by atoms with E-state index in [-0.39, 0.29) is 0 Å². The topological polar surface area (TPSA) is 49.9 Å². The Bertz CT molecular complexity index is 1170. The Hall–Kier alpha value is -2.57. The third kappa shape index (κ3) is 3.66. The summed E-state index contributed by atoms with van der Waals surface area (Å²) in [4.78, 5) is 2.63. The van der Waals surface area contributed by atoms with E-state index in [2.05, 4.69) is 36.9 Å². The third-order valence-electron chi connectivity index (χ3n) is 5.92. The molecule has 0 unspecified atom stereocenters. The predicted octanol–water partition coefficient (Wildman–Crippen LogP) is 4.37. The summed E-state index contributed by atoms with van der Waals surface area (Å²) in [6, 6.07) is 17.3. The summed E-state index contributed by atoms with van der Waals surface area (Å²) < 4.78 is 34.3. The van der Waals surface area contributed by atoms with Gasteiger partial charge in [0.15, 0.2) is 0 Å². The van der Waals surface area contributed by atoms with Crippen LogP contribution in [0.2, 0.25) is 0 Å². The Balaban J connectivity index is 1.61. The molecule has 0 amide bonds. The van der Waals surface area contributed by atoms with Crippen molar-refractivity contribution in [3.8, 4) is 5.75 Å². The number of rotatable bonds is 5. The van der Waals surface area contributed by atoms with E-state index in [9.17, 15) is 8.42 Å². The molecule has 0 spiro atoms. The van der Waals surface area contributed by atoms with Crippen LogP contribution in [0, 0.1) is 13.8 Å². The highest BCUT2D eigenvalue weighted by molar-refractivity contribution is 7.89. The molecule has 4 rings (SSSR count). The van der Waals surface area contributed by atoms with Crippen LogP contribution in [0.25, 0.3) is 10.8 Å². The molecular formula is C24H28N2O3S. The molecule has 1 heterocycles. The summed E-state index contributed by atoms with van der Waals surface area (Å²) >= 11 is 0. The van der Waals surface area contributed by atoms with Gasteiger partial charge in [0.25, 0.3) is 0 Å². The lowest BCUT2D eigenvalue weighted by Gasteiger charge is -2.36. The summed E-state index contributed by atoms with van der Waals surface area (Å²) in [6.07, 6.45) is 0. The van der Waals surface area contributed by atoms with Crippen molar-refractivity contribution in [2.75, 3.05) is 37.7 Å². The normalized spacial score (nSPS) is 15.5. The minimum Gasteiger partial charge on any atom is -0.493 e. The van der Waals surface area contributed by atoms with Gasteiger partial charge in [0.2, 0.25) is 10.0 Å². The van der Waals surface area contributed by atoms with Gasteiger partial charge in [-0.2, -0.15) is 4.31 Å². The molecule has 0 radical (unpaired) electrons. The number of hydrogen-bond acceptors (Lipinski definition) is 4. The smallest absolute Gasteiger partial charge is 0.243 e. The van der Waals surface area contributed by atoms with Crippen LogP contribution in [-0.2, 0) is 10.0 Å². The van der Waals surface area contributed by atoms with Crippen LogP contribution in [0.3, 0.4) is 0 Å². The number of anilines is 1. The lowest BCUT2D eigenvalue weighted by Crippen LogP contribution is -2.48. The molecule has 30 heavy (non-hydrogen) atoms. The number of hydrogen-bond donors (Lipinski definition) is 0. The quantitative estimate of drug-likeness (QED) is 0.610. The fourth-order valence-electron chi connectivity index (χ4n) is 4.14. The maximum atomic E-state index is 13.5. The fourth-order valence-corrected chi connectivity index (χ4v) is 5.75. The lowest BCUT2D eigenvalue weighted by molar-refractivity contribution is 0.344. The van der Waals surface area contributed by atoms with E-state index in [1.807, 2.05) is 31.2 Å². The highest BCUT2D eigenvalue weighted by atomic mass is 32.2. The summed E-state index contributed by atoms with van der Waals surface area (Å²) in [5.74, 6) is 0.715. The standard InChI is InChI=1S/C24H28N2O3S/c1-4-29-23-12-13-24(21-10-6-5-9-20(21)23)30(27,28)26-16-14-25(15-17-26)22-11-7-8-18(2)19(22)3/h5-13H,4,14-17H2,1-3H3. The van der Waals surface area contributed by atoms with Crippen molar-refractivity contribution < 1.29 is 13.2 Å². The first-order valence-electron chi connectivity index (χ1n) is 10.4. The number of fused-ring (bicyclic) bond motifs is 1. The SMILES string of the molecule is CCOc1ccc(S(=O)(=O)N2CCN(c3cccc(C)c3C)CC2)c2ccccc12. The molecule has 0 N–H and O–H groups in total. The maximum absolute atomic E-state index is 13.5. The summed E-state index contributed by atoms with van der Waals surface area (Å²) in [6.45, 7) is 8.99. The highest BCUT2D eigenvalue weighted by Crippen LogP contribution is 2.33. The van der Waals surface area contributed by atoms with Gasteiger partial charge in [0.05, 0.1) is 11.5 Å². The average Bonchev–Trinajstić information content (AvgIpc) is 2.76. The van der Waals surface area contributed by atoms with Crippen LogP contribution in [-0.4, -0.2) is 45.5 Å². The molecule has 6 heteroatoms. The highest BCUT2D eigenvalue weighted by Gasteiger charge is 2.30. The summed E-state index contributed by atoms with van der Waals surface area (Å²) in [5.41, 5.74) is 3.70. The molecule has 0 atom stereocenters. The van der Waals surface area contributed by atoms with Gasteiger partial charge in [0, 0.05) is 42.6 Å². The Morgan fingerprint density at radius 3 is 2.27 bits per heavy atom. The van der Waals surface area contributed by atoms with Gasteiger partial charge in [-0.1, -0.05) is 36.4 Å². The van der Waals surface area contributed by atoms with Crippen molar-refractivity contribution >= 4 is 26.5 Å². The van der Waals surface area contributed by atoms with E-state index in [0.717, 1.165) is 5.39 Å². The van der Waals surface area contributed by atoms with Gasteiger partial charge in [-0.25, -0.2) is 8.42 Å². The van der Waals surface area contributed by atoms with Gasteiger partial charge < -0.3 is 9.64 Å². The second-order valence-electron chi connectivity index (χ2n) is 7.65. The molecule has 1 saturated heterocycles. The zero-order valence-electron chi connectivity index (χ0n) is 17.8. The van der Waals surface area contributed by atoms with Crippen LogP contribution >= 0.6 is 0 Å². The molecule has 1 aliphatic heterocycles. The first-order chi connectivity index (χ1) is 14.4. The Morgan fingerprint density at radius 1 is 0.867 bits per heavy atom. The van der Waals surface area contributed by atoms with Crippen LogP contribution in [0.15, 0.2) is 59.5 Å². The molecular weight excluding hydrogens is 396 g/mol. The Morgan fingerprint density at radius 2 is 1.57 bits per heavy atom. The first-order valence-corrected chi connectivity index (χ1v) is 11.8. The Labute approximate surface area is 178 Å². The van der Waals surface area contributed by atoms with Crippen LogP contribution < -0.4 is 9.64 Å². The first kappa shape index (κ1) is 20.7. The molecule has 0 bridgehead atoms. The van der Waals surface area contributed by atoms with Crippen molar-refractivity contribution in [2.24, 2.45) is 0 Å². The molecule has 0 aliphatic carbocycles. The van der Waals surface area contributed by atoms with Crippen molar-refractivity contribution in [3.63, 3.8) is 0 Å². The number of piperazine rings is 1. The molecule has 158 valence electrons. The van der Waals surface area contributed by atoms with E-state index >= 15 is 0 Å². The molecule has 3 aromatic rings. The lowest BCUT2D eigenvalue weighted by atomic mass is 10.1. The average molecular weight is 425 g/mol. The fraction of sp³-hybridized carbons (Fsp3) is 0.333. The van der Waals surface area contributed by atoms with Gasteiger partial charge >= 0.3 is 0 Å². The molecule has 1 aliphatic rings. The van der Waals surface area contributed by atoms with Gasteiger partial charge in [-0.15, -0.1) is 0 Å². The molecule has 5 nitrogen and oxygen atoms in total. The van der Waals surface area contributed by atoms with Crippen LogP contribution in [0.1, 0.15) is 18.1 Å². The van der Waals surface area contributed by atoms with E-state index in [1.54, 1.807) is 16.4 Å². The second-order valence-corrected chi connectivity index (χ2v) is 9.56. The number of aryl methyl sites for hydroxylation is 1. The van der Waals surface area contributed by atoms with Crippen molar-refractivity contribution in [2.45, 2.75) is 25.7 Å². The van der Waals surface area contributed by atoms with E-state index in [0.29, 0.717) is 48.8 Å². The molecule has 3 aromatic carbocycles. The Kier molecular flexibility index (Phi) is 5.71. The number of ether oxygens (including phenoxy) is 1. The molecule has 1 fully saturated rings. The van der Waals surface area contributed by atoms with Crippen LogP contribution in [0.5, 0.6) is 5.75 Å². The molecule has 0 saturated carbocycles. The van der Waals surface area contributed by atoms with Crippen LogP contribution in [0.4, 0.5) is 5.69 Å². The van der Waals surface area contributed by atoms with Gasteiger partial charge in [-0.3, -0.25) is 0 Å². The minimum atomic E-state index is -3.59. The van der Waals surface area contributed by atoms with E-state index < -0.39 is 10.0 Å². The zero-order valence-corrected chi connectivity index (χ0v) is 18.6. The van der Waals surface area contributed by atoms with Gasteiger partial charge in [0.1, 0.15) is 5.75 Å². The van der Waals surface area contributed by atoms with Crippen molar-refractivity contribution in [1.29, 1.82) is 0 Å². The van der Waals surface area contributed by atoms with E-state index in [1.165, 1.54) is 16.8 Å². The summed E-state index contributed by atoms with van der Waals surface area (Å²) in [7, 11) is -3.59. The van der Waals surface area contributed by atoms with E-state index in [4.69, 9.17) is 4.74 Å².